The Labute approximate surface area is 206 Å². The maximum atomic E-state index is 12.6. The van der Waals surface area contributed by atoms with Crippen molar-refractivity contribution in [2.45, 2.75) is 31.3 Å². The van der Waals surface area contributed by atoms with E-state index in [1.165, 1.54) is 18.2 Å². The minimum absolute atomic E-state index is 0.189. The van der Waals surface area contributed by atoms with Gasteiger partial charge in [-0.2, -0.15) is 21.6 Å². The van der Waals surface area contributed by atoms with Gasteiger partial charge in [0.1, 0.15) is 5.75 Å². The summed E-state index contributed by atoms with van der Waals surface area (Å²) in [6, 6.07) is 9.60. The van der Waals surface area contributed by atoms with Gasteiger partial charge in [-0.25, -0.2) is 0 Å². The van der Waals surface area contributed by atoms with Crippen LogP contribution < -0.4 is 19.0 Å². The van der Waals surface area contributed by atoms with Crippen LogP contribution >= 0.6 is 0 Å². The van der Waals surface area contributed by atoms with E-state index in [1.54, 1.807) is 24.3 Å². The van der Waals surface area contributed by atoms with Crippen LogP contribution in [0.4, 0.5) is 13.2 Å². The maximum Gasteiger partial charge on any atom is 0.534 e. The van der Waals surface area contributed by atoms with Gasteiger partial charge in [0.25, 0.3) is 0 Å². The van der Waals surface area contributed by atoms with Crippen LogP contribution in [0.3, 0.4) is 0 Å². The number of rotatable bonds is 9. The van der Waals surface area contributed by atoms with Gasteiger partial charge in [0.15, 0.2) is 11.5 Å². The number of unbranched alkanes of at least 4 members (excludes halogenated alkanes) is 1. The minimum Gasteiger partial charge on any atom is -0.454 e. The average Bonchev–Trinajstić information content (AvgIpc) is 3.29. The Bertz CT molecular complexity index is 1250. The number of carbonyl (C=O) groups excluding carboxylic acids is 1. The Balaban J connectivity index is 1.18. The number of nitrogens with one attached hydrogen (secondary N) is 1. The molecule has 36 heavy (non-hydrogen) atoms. The van der Waals surface area contributed by atoms with Crippen molar-refractivity contribution >= 4 is 22.1 Å². The Hall–Kier alpha value is -3.25. The third kappa shape index (κ3) is 6.49. The number of hydrogen-bond acceptors (Lipinski definition) is 7. The number of halogens is 3. The molecule has 0 spiro atoms. The lowest BCUT2D eigenvalue weighted by molar-refractivity contribution is -0.116. The first-order chi connectivity index (χ1) is 17.1. The predicted octanol–water partition coefficient (Wildman–Crippen LogP) is 3.61. The molecule has 0 radical (unpaired) electrons. The monoisotopic (exact) mass is 526 g/mol. The van der Waals surface area contributed by atoms with Crippen molar-refractivity contribution < 1.29 is 40.0 Å². The van der Waals surface area contributed by atoms with Crippen LogP contribution in [-0.4, -0.2) is 51.2 Å². The summed E-state index contributed by atoms with van der Waals surface area (Å²) in [5.41, 5.74) is -2.97. The zero-order valence-electron chi connectivity index (χ0n) is 19.2. The number of hydrogen-bond donors (Lipinski definition) is 1. The highest BCUT2D eigenvalue weighted by Gasteiger charge is 2.48. The summed E-state index contributed by atoms with van der Waals surface area (Å²) in [6.07, 6.45) is 5.40. The van der Waals surface area contributed by atoms with Crippen molar-refractivity contribution in [1.29, 1.82) is 0 Å². The van der Waals surface area contributed by atoms with Gasteiger partial charge in [-0.05, 0) is 72.8 Å². The molecule has 0 unspecified atom stereocenters. The first kappa shape index (κ1) is 25.8. The molecular weight excluding hydrogens is 501 g/mol. The second-order valence-electron chi connectivity index (χ2n) is 8.38. The third-order valence-corrected chi connectivity index (χ3v) is 6.76. The topological polar surface area (TPSA) is 94.2 Å². The molecule has 0 bridgehead atoms. The highest BCUT2D eigenvalue weighted by atomic mass is 32.2. The summed E-state index contributed by atoms with van der Waals surface area (Å²) in [4.78, 5) is 14.2. The Morgan fingerprint density at radius 2 is 1.89 bits per heavy atom. The summed E-state index contributed by atoms with van der Waals surface area (Å²) >= 11 is 0. The van der Waals surface area contributed by atoms with E-state index in [0.717, 1.165) is 42.6 Å². The second kappa shape index (κ2) is 10.8. The minimum atomic E-state index is -5.70. The van der Waals surface area contributed by atoms with Crippen molar-refractivity contribution in [3.05, 3.63) is 59.2 Å². The molecule has 194 valence electrons. The van der Waals surface area contributed by atoms with E-state index in [4.69, 9.17) is 9.47 Å². The van der Waals surface area contributed by atoms with Crippen LogP contribution in [0.15, 0.2) is 42.5 Å². The van der Waals surface area contributed by atoms with Crippen LogP contribution in [-0.2, 0) is 27.9 Å². The van der Waals surface area contributed by atoms with E-state index in [1.807, 2.05) is 6.07 Å². The molecular formula is C24H25F3N2O6S. The van der Waals surface area contributed by atoms with Gasteiger partial charge >= 0.3 is 15.6 Å². The van der Waals surface area contributed by atoms with E-state index in [0.29, 0.717) is 31.0 Å². The number of ether oxygens (including phenoxy) is 2. The highest BCUT2D eigenvalue weighted by molar-refractivity contribution is 7.88. The second-order valence-corrected chi connectivity index (χ2v) is 9.92. The van der Waals surface area contributed by atoms with E-state index in [9.17, 15) is 26.4 Å². The molecule has 0 atom stereocenters. The number of nitrogens with zero attached hydrogens (tertiary/aromatic N) is 1. The predicted molar refractivity (Wildman–Crippen MR) is 125 cm³/mol. The Morgan fingerprint density at radius 3 is 2.69 bits per heavy atom. The van der Waals surface area contributed by atoms with Gasteiger partial charge in [-0.15, -0.1) is 0 Å². The summed E-state index contributed by atoms with van der Waals surface area (Å²) in [5, 5.41) is 2.83. The molecule has 1 amide bonds. The summed E-state index contributed by atoms with van der Waals surface area (Å²) in [7, 11) is -5.70. The first-order valence-electron chi connectivity index (χ1n) is 11.3. The largest absolute Gasteiger partial charge is 0.534 e. The zero-order chi connectivity index (χ0) is 25.8. The van der Waals surface area contributed by atoms with Gasteiger partial charge in [-0.1, -0.05) is 12.1 Å². The Kier molecular flexibility index (Phi) is 7.74. The number of amides is 1. The van der Waals surface area contributed by atoms with Crippen molar-refractivity contribution in [3.63, 3.8) is 0 Å². The van der Waals surface area contributed by atoms with Crippen LogP contribution in [0.5, 0.6) is 17.2 Å². The number of fused-ring (bicyclic) bond motifs is 2. The van der Waals surface area contributed by atoms with E-state index < -0.39 is 15.6 Å². The zero-order valence-corrected chi connectivity index (χ0v) is 20.0. The van der Waals surface area contributed by atoms with Crippen molar-refractivity contribution in [3.8, 4) is 17.2 Å². The van der Waals surface area contributed by atoms with Gasteiger partial charge in [0.05, 0.1) is 0 Å². The number of carbonyl (C=O) groups is 1. The molecule has 2 aromatic carbocycles. The van der Waals surface area contributed by atoms with Crippen LogP contribution in [0.25, 0.3) is 6.08 Å². The molecule has 4 rings (SSSR count). The molecule has 8 nitrogen and oxygen atoms in total. The molecule has 2 aliphatic heterocycles. The number of benzene rings is 2. The average molecular weight is 527 g/mol. The number of alkyl halides is 3. The normalized spacial score (nSPS) is 15.6. The van der Waals surface area contributed by atoms with Crippen molar-refractivity contribution in [1.82, 2.24) is 10.2 Å². The van der Waals surface area contributed by atoms with E-state index >= 15 is 0 Å². The molecule has 2 aliphatic rings. The fraction of sp³-hybridized carbons (Fsp3) is 0.375. The molecule has 2 aromatic rings. The van der Waals surface area contributed by atoms with Crippen LogP contribution in [0, 0.1) is 0 Å². The van der Waals surface area contributed by atoms with Crippen LogP contribution in [0.2, 0.25) is 0 Å². The molecule has 12 heteroatoms. The summed E-state index contributed by atoms with van der Waals surface area (Å²) in [6.45, 7) is 2.67. The molecule has 0 fully saturated rings. The van der Waals surface area contributed by atoms with Crippen LogP contribution in [0.1, 0.15) is 29.5 Å². The molecule has 0 saturated carbocycles. The van der Waals surface area contributed by atoms with Gasteiger partial charge in [0.2, 0.25) is 12.7 Å². The standard InChI is InChI=1S/C24H25F3N2O6S/c25-24(26,27)36(31,32)35-20-6-5-18-9-12-29(15-19(18)14-20)11-2-1-10-28-23(30)8-4-17-3-7-21-22(13-17)34-16-33-21/h3-8,13-14H,1-2,9-12,15-16H2,(H,28,30)/b8-4+. The van der Waals surface area contributed by atoms with E-state index in [-0.39, 0.29) is 18.4 Å². The lowest BCUT2D eigenvalue weighted by Crippen LogP contribution is -2.32. The SMILES string of the molecule is O=C(/C=C/c1ccc2c(c1)OCO2)NCCCCN1CCc2ccc(OS(=O)(=O)C(F)(F)F)cc2C1. The molecule has 1 N–H and O–H groups in total. The van der Waals surface area contributed by atoms with Gasteiger partial charge in [-0.3, -0.25) is 9.69 Å². The fourth-order valence-corrected chi connectivity index (χ4v) is 4.38. The Morgan fingerprint density at radius 1 is 1.08 bits per heavy atom. The summed E-state index contributed by atoms with van der Waals surface area (Å²) in [5.74, 6) is 0.760. The van der Waals surface area contributed by atoms with Crippen molar-refractivity contribution in [2.75, 3.05) is 26.4 Å². The molecule has 0 aromatic heterocycles. The van der Waals surface area contributed by atoms with Gasteiger partial charge in [0, 0.05) is 25.7 Å². The van der Waals surface area contributed by atoms with E-state index in [2.05, 4.69) is 14.4 Å². The van der Waals surface area contributed by atoms with Gasteiger partial charge < -0.3 is 19.0 Å². The summed E-state index contributed by atoms with van der Waals surface area (Å²) < 4.78 is 75.1. The van der Waals surface area contributed by atoms with Crippen molar-refractivity contribution in [2.24, 2.45) is 0 Å². The molecule has 0 saturated heterocycles. The lowest BCUT2D eigenvalue weighted by Gasteiger charge is -2.29. The molecule has 2 heterocycles. The quantitative estimate of drug-likeness (QED) is 0.231. The fourth-order valence-electron chi connectivity index (χ4n) is 3.93. The molecule has 0 aliphatic carbocycles. The highest BCUT2D eigenvalue weighted by Crippen LogP contribution is 2.33. The maximum absolute atomic E-state index is 12.6. The lowest BCUT2D eigenvalue weighted by atomic mass is 9.99. The third-order valence-electron chi connectivity index (χ3n) is 5.78. The first-order valence-corrected chi connectivity index (χ1v) is 12.7. The smallest absolute Gasteiger partial charge is 0.454 e.